The fourth-order valence-corrected chi connectivity index (χ4v) is 2.36. The van der Waals surface area contributed by atoms with E-state index in [0.29, 0.717) is 0 Å². The van der Waals surface area contributed by atoms with Gasteiger partial charge < -0.3 is 15.2 Å². The highest BCUT2D eigenvalue weighted by molar-refractivity contribution is 14.0. The molecule has 0 amide bonds. The maximum absolute atomic E-state index is 5.18. The molecule has 0 spiro atoms. The first kappa shape index (κ1) is 20.5. The SMILES string of the molecule is CCNC(=NCCCn1cccn1)NCCc1c(C)noc1C.I. The average molecular weight is 446 g/mol. The van der Waals surface area contributed by atoms with Crippen LogP contribution < -0.4 is 10.6 Å². The summed E-state index contributed by atoms with van der Waals surface area (Å²) in [6.45, 7) is 9.28. The highest BCUT2D eigenvalue weighted by Crippen LogP contribution is 2.11. The Labute approximate surface area is 160 Å². The summed E-state index contributed by atoms with van der Waals surface area (Å²) < 4.78 is 7.11. The number of nitrogens with one attached hydrogen (secondary N) is 2. The molecule has 0 radical (unpaired) electrons. The third-order valence-electron chi connectivity index (χ3n) is 3.57. The number of aromatic nitrogens is 3. The predicted molar refractivity (Wildman–Crippen MR) is 106 cm³/mol. The molecule has 2 rings (SSSR count). The molecule has 2 heterocycles. The van der Waals surface area contributed by atoms with Crippen LogP contribution in [0.3, 0.4) is 0 Å². The molecule has 0 aliphatic carbocycles. The Kier molecular flexibility index (Phi) is 9.43. The van der Waals surface area contributed by atoms with Crippen LogP contribution in [0, 0.1) is 13.8 Å². The van der Waals surface area contributed by atoms with Crippen molar-refractivity contribution in [3.63, 3.8) is 0 Å². The van der Waals surface area contributed by atoms with Crippen molar-refractivity contribution in [1.82, 2.24) is 25.6 Å². The topological polar surface area (TPSA) is 80.3 Å². The maximum Gasteiger partial charge on any atom is 0.191 e. The molecule has 0 bridgehead atoms. The molecule has 8 heteroatoms. The number of hydrogen-bond acceptors (Lipinski definition) is 4. The normalized spacial score (nSPS) is 11.2. The first-order valence-corrected chi connectivity index (χ1v) is 8.12. The number of aliphatic imine (C=N–C) groups is 1. The number of aryl methyl sites for hydroxylation is 3. The van der Waals surface area contributed by atoms with Gasteiger partial charge in [-0.3, -0.25) is 9.67 Å². The van der Waals surface area contributed by atoms with Crippen LogP contribution in [0.4, 0.5) is 0 Å². The molecule has 0 fully saturated rings. The summed E-state index contributed by atoms with van der Waals surface area (Å²) in [5.41, 5.74) is 2.14. The van der Waals surface area contributed by atoms with E-state index in [9.17, 15) is 0 Å². The first-order chi connectivity index (χ1) is 11.2. The molecule has 7 nitrogen and oxygen atoms in total. The molecule has 0 unspecified atom stereocenters. The van der Waals surface area contributed by atoms with Gasteiger partial charge in [0.25, 0.3) is 0 Å². The number of hydrogen-bond donors (Lipinski definition) is 2. The minimum atomic E-state index is 0. The highest BCUT2D eigenvalue weighted by Gasteiger charge is 2.08. The van der Waals surface area contributed by atoms with E-state index in [0.717, 1.165) is 56.4 Å². The molecule has 0 saturated heterocycles. The monoisotopic (exact) mass is 446 g/mol. The zero-order valence-corrected chi connectivity index (χ0v) is 16.9. The molecular formula is C16H27IN6O. The summed E-state index contributed by atoms with van der Waals surface area (Å²) >= 11 is 0. The lowest BCUT2D eigenvalue weighted by molar-refractivity contribution is 0.392. The Balaban J connectivity index is 0.00000288. The lowest BCUT2D eigenvalue weighted by Crippen LogP contribution is -2.38. The smallest absolute Gasteiger partial charge is 0.191 e. The van der Waals surface area contributed by atoms with Crippen molar-refractivity contribution in [3.8, 4) is 0 Å². The summed E-state index contributed by atoms with van der Waals surface area (Å²) in [6.07, 6.45) is 5.60. The zero-order valence-electron chi connectivity index (χ0n) is 14.6. The molecule has 0 aliphatic rings. The fourth-order valence-electron chi connectivity index (χ4n) is 2.36. The van der Waals surface area contributed by atoms with Crippen LogP contribution >= 0.6 is 24.0 Å². The number of halogens is 1. The molecular weight excluding hydrogens is 419 g/mol. The third-order valence-corrected chi connectivity index (χ3v) is 3.57. The Morgan fingerprint density at radius 1 is 1.33 bits per heavy atom. The van der Waals surface area contributed by atoms with Crippen molar-refractivity contribution in [2.24, 2.45) is 4.99 Å². The van der Waals surface area contributed by atoms with Crippen LogP contribution in [0.15, 0.2) is 28.0 Å². The highest BCUT2D eigenvalue weighted by atomic mass is 127. The maximum atomic E-state index is 5.18. The number of nitrogens with zero attached hydrogens (tertiary/aromatic N) is 4. The summed E-state index contributed by atoms with van der Waals surface area (Å²) in [5.74, 6) is 1.74. The van der Waals surface area contributed by atoms with Gasteiger partial charge in [-0.05, 0) is 39.7 Å². The van der Waals surface area contributed by atoms with Crippen molar-refractivity contribution < 1.29 is 4.52 Å². The molecule has 0 saturated carbocycles. The lowest BCUT2D eigenvalue weighted by Gasteiger charge is -2.11. The predicted octanol–water partition coefficient (Wildman–Crippen LogP) is 2.29. The van der Waals surface area contributed by atoms with Gasteiger partial charge in [0.1, 0.15) is 5.76 Å². The lowest BCUT2D eigenvalue weighted by atomic mass is 10.1. The van der Waals surface area contributed by atoms with E-state index in [-0.39, 0.29) is 24.0 Å². The van der Waals surface area contributed by atoms with E-state index in [4.69, 9.17) is 4.52 Å². The second-order valence-electron chi connectivity index (χ2n) is 5.36. The number of guanidine groups is 1. The second kappa shape index (κ2) is 11.1. The Hall–Kier alpha value is -1.58. The van der Waals surface area contributed by atoms with E-state index in [1.807, 2.05) is 30.8 Å². The molecule has 134 valence electrons. The second-order valence-corrected chi connectivity index (χ2v) is 5.36. The quantitative estimate of drug-likeness (QED) is 0.282. The Morgan fingerprint density at radius 3 is 2.79 bits per heavy atom. The van der Waals surface area contributed by atoms with Crippen molar-refractivity contribution >= 4 is 29.9 Å². The molecule has 2 aromatic rings. The van der Waals surface area contributed by atoms with Crippen LogP contribution in [0.2, 0.25) is 0 Å². The van der Waals surface area contributed by atoms with E-state index in [1.54, 1.807) is 6.20 Å². The van der Waals surface area contributed by atoms with Crippen LogP contribution in [0.5, 0.6) is 0 Å². The van der Waals surface area contributed by atoms with Gasteiger partial charge in [-0.25, -0.2) is 0 Å². The zero-order chi connectivity index (χ0) is 16.5. The fraction of sp³-hybridized carbons (Fsp3) is 0.562. The largest absolute Gasteiger partial charge is 0.361 e. The van der Waals surface area contributed by atoms with Crippen molar-refractivity contribution in [1.29, 1.82) is 0 Å². The molecule has 2 aromatic heterocycles. The van der Waals surface area contributed by atoms with Crippen molar-refractivity contribution in [2.45, 2.75) is 40.2 Å². The van der Waals surface area contributed by atoms with E-state index >= 15 is 0 Å². The average Bonchev–Trinajstić information content (AvgIpc) is 3.16. The van der Waals surface area contributed by atoms with Gasteiger partial charge >= 0.3 is 0 Å². The summed E-state index contributed by atoms with van der Waals surface area (Å²) in [4.78, 5) is 4.59. The molecule has 2 N–H and O–H groups in total. The molecule has 0 aliphatic heterocycles. The van der Waals surface area contributed by atoms with Gasteiger partial charge in [0, 0.05) is 44.1 Å². The van der Waals surface area contributed by atoms with Crippen LogP contribution in [-0.2, 0) is 13.0 Å². The minimum absolute atomic E-state index is 0. The third kappa shape index (κ3) is 6.50. The van der Waals surface area contributed by atoms with E-state index < -0.39 is 0 Å². The van der Waals surface area contributed by atoms with Crippen molar-refractivity contribution in [2.75, 3.05) is 19.6 Å². The Morgan fingerprint density at radius 2 is 2.17 bits per heavy atom. The summed E-state index contributed by atoms with van der Waals surface area (Å²) in [5, 5.41) is 14.8. The molecule has 24 heavy (non-hydrogen) atoms. The van der Waals surface area contributed by atoms with Crippen LogP contribution in [-0.4, -0.2) is 40.5 Å². The summed E-state index contributed by atoms with van der Waals surface area (Å²) in [6, 6.07) is 1.93. The first-order valence-electron chi connectivity index (χ1n) is 8.12. The van der Waals surface area contributed by atoms with Gasteiger partial charge in [0.2, 0.25) is 0 Å². The van der Waals surface area contributed by atoms with Gasteiger partial charge in [0.15, 0.2) is 5.96 Å². The van der Waals surface area contributed by atoms with Gasteiger partial charge in [-0.15, -0.1) is 24.0 Å². The molecule has 0 aromatic carbocycles. The van der Waals surface area contributed by atoms with Gasteiger partial charge in [0.05, 0.1) is 5.69 Å². The standard InChI is InChI=1S/C16H26N6O.HI/c1-4-17-16(18-8-5-11-22-12-6-9-20-22)19-10-7-15-13(2)21-23-14(15)3;/h6,9,12H,4-5,7-8,10-11H2,1-3H3,(H2,17,18,19);1H. The van der Waals surface area contributed by atoms with E-state index in [2.05, 4.69) is 32.8 Å². The van der Waals surface area contributed by atoms with Crippen molar-refractivity contribution in [3.05, 3.63) is 35.5 Å². The van der Waals surface area contributed by atoms with Gasteiger partial charge in [-0.2, -0.15) is 5.10 Å². The summed E-state index contributed by atoms with van der Waals surface area (Å²) in [7, 11) is 0. The van der Waals surface area contributed by atoms with Crippen LogP contribution in [0.1, 0.15) is 30.4 Å². The molecule has 0 atom stereocenters. The van der Waals surface area contributed by atoms with Crippen LogP contribution in [0.25, 0.3) is 0 Å². The van der Waals surface area contributed by atoms with E-state index in [1.165, 1.54) is 5.56 Å². The number of rotatable bonds is 8. The Bertz CT molecular complexity index is 589. The van der Waals surface area contributed by atoms with Gasteiger partial charge in [-0.1, -0.05) is 5.16 Å². The minimum Gasteiger partial charge on any atom is -0.361 e.